The monoisotopic (exact) mass is 666 g/mol. The highest BCUT2D eigenvalue weighted by Crippen LogP contribution is 2.45. The summed E-state index contributed by atoms with van der Waals surface area (Å²) in [6.45, 7) is 5.53. The molecule has 2 aliphatic heterocycles. The van der Waals surface area contributed by atoms with Crippen molar-refractivity contribution in [1.82, 2.24) is 20.3 Å². The predicted molar refractivity (Wildman–Crippen MR) is 159 cm³/mol. The number of hydrogen-bond donors (Lipinski definition) is 3. The van der Waals surface area contributed by atoms with E-state index in [4.69, 9.17) is 4.74 Å². The van der Waals surface area contributed by atoms with Gasteiger partial charge in [-0.1, -0.05) is 47.0 Å². The standard InChI is InChI=1S/C29H39BrN4O7S/c1-28(2,3)41-27(38)31-22-14-8-6-4-5-7-11-19-18-29(19,32-24(35)23-15-10-16-34(23)25(22)36)26(37)33-42(39,40)21-13-9-12-20(30)17-21/h7,9,11-13,17,19,22-23H,4-6,8,10,14-16,18H2,1-3H3,(H,31,38)(H,32,35)(H,33,37)/t19-,22+,23+,29-/m1/s1. The van der Waals surface area contributed by atoms with Crippen LogP contribution in [0.5, 0.6) is 0 Å². The zero-order chi connectivity index (χ0) is 30.7. The number of benzene rings is 1. The molecule has 1 saturated carbocycles. The summed E-state index contributed by atoms with van der Waals surface area (Å²) in [5, 5.41) is 5.52. The van der Waals surface area contributed by atoms with Gasteiger partial charge in [0.1, 0.15) is 23.2 Å². The Morgan fingerprint density at radius 1 is 1.12 bits per heavy atom. The van der Waals surface area contributed by atoms with Crippen molar-refractivity contribution in [2.45, 2.75) is 100 Å². The summed E-state index contributed by atoms with van der Waals surface area (Å²) in [6, 6.07) is 4.26. The Bertz CT molecular complexity index is 1360. The Kier molecular flexibility index (Phi) is 9.71. The van der Waals surface area contributed by atoms with Crippen LogP contribution in [0.25, 0.3) is 0 Å². The first-order valence-electron chi connectivity index (χ1n) is 14.3. The Balaban J connectivity index is 1.56. The molecule has 13 heteroatoms. The van der Waals surface area contributed by atoms with Crippen molar-refractivity contribution in [2.75, 3.05) is 6.54 Å². The summed E-state index contributed by atoms with van der Waals surface area (Å²) in [7, 11) is -4.21. The van der Waals surface area contributed by atoms with Crippen LogP contribution >= 0.6 is 15.9 Å². The number of allylic oxidation sites excluding steroid dienone is 1. The number of sulfonamides is 1. The Morgan fingerprint density at radius 3 is 2.60 bits per heavy atom. The number of alkyl carbamates (subject to hydrolysis) is 1. The van der Waals surface area contributed by atoms with Crippen molar-refractivity contribution in [2.24, 2.45) is 5.92 Å². The van der Waals surface area contributed by atoms with Gasteiger partial charge in [0, 0.05) is 16.9 Å². The normalized spacial score (nSPS) is 27.0. The molecule has 3 aliphatic rings. The molecule has 11 nitrogen and oxygen atoms in total. The fraction of sp³-hybridized carbons (Fsp3) is 0.586. The first-order chi connectivity index (χ1) is 19.7. The van der Waals surface area contributed by atoms with Crippen molar-refractivity contribution < 1.29 is 32.3 Å². The fourth-order valence-corrected chi connectivity index (χ4v) is 7.08. The van der Waals surface area contributed by atoms with Gasteiger partial charge in [0.15, 0.2) is 0 Å². The van der Waals surface area contributed by atoms with E-state index in [0.717, 1.165) is 12.8 Å². The van der Waals surface area contributed by atoms with Gasteiger partial charge in [-0.3, -0.25) is 14.4 Å². The smallest absolute Gasteiger partial charge is 0.408 e. The second-order valence-electron chi connectivity index (χ2n) is 12.1. The van der Waals surface area contributed by atoms with Gasteiger partial charge in [-0.15, -0.1) is 0 Å². The van der Waals surface area contributed by atoms with E-state index in [1.54, 1.807) is 32.9 Å². The first kappa shape index (κ1) is 32.0. The molecular weight excluding hydrogens is 628 g/mol. The van der Waals surface area contributed by atoms with E-state index in [2.05, 4.69) is 31.3 Å². The third-order valence-corrected chi connectivity index (χ3v) is 9.48. The minimum absolute atomic E-state index is 0.0890. The molecule has 1 aliphatic carbocycles. The minimum atomic E-state index is -4.21. The molecule has 1 aromatic carbocycles. The number of rotatable bonds is 4. The minimum Gasteiger partial charge on any atom is -0.444 e. The van der Waals surface area contributed by atoms with E-state index in [-0.39, 0.29) is 17.2 Å². The van der Waals surface area contributed by atoms with Crippen molar-refractivity contribution >= 4 is 49.8 Å². The van der Waals surface area contributed by atoms with Crippen LogP contribution in [0.15, 0.2) is 45.8 Å². The number of nitrogens with zero attached hydrogens (tertiary/aromatic N) is 1. The summed E-state index contributed by atoms with van der Waals surface area (Å²) in [5.74, 6) is -2.13. The van der Waals surface area contributed by atoms with Gasteiger partial charge in [0.2, 0.25) is 11.8 Å². The molecular formula is C29H39BrN4O7S. The molecule has 0 radical (unpaired) electrons. The summed E-state index contributed by atoms with van der Waals surface area (Å²) >= 11 is 3.25. The summed E-state index contributed by atoms with van der Waals surface area (Å²) in [5.41, 5.74) is -2.20. The highest BCUT2D eigenvalue weighted by atomic mass is 79.9. The van der Waals surface area contributed by atoms with Crippen LogP contribution in [-0.4, -0.2) is 66.9 Å². The maximum absolute atomic E-state index is 13.7. The number of fused-ring (bicyclic) bond motifs is 2. The second kappa shape index (κ2) is 12.7. The van der Waals surface area contributed by atoms with Crippen LogP contribution in [-0.2, 0) is 29.1 Å². The number of carbonyl (C=O) groups excluding carboxylic acids is 4. The molecule has 3 N–H and O–H groups in total. The van der Waals surface area contributed by atoms with Gasteiger partial charge in [-0.05, 0) is 77.5 Å². The third kappa shape index (κ3) is 7.71. The van der Waals surface area contributed by atoms with Gasteiger partial charge in [0.25, 0.3) is 15.9 Å². The third-order valence-electron chi connectivity index (χ3n) is 7.66. The van der Waals surface area contributed by atoms with Crippen LogP contribution in [0.1, 0.15) is 72.1 Å². The molecule has 0 unspecified atom stereocenters. The molecule has 1 saturated heterocycles. The molecule has 0 spiro atoms. The first-order valence-corrected chi connectivity index (χ1v) is 16.6. The highest BCUT2D eigenvalue weighted by Gasteiger charge is 2.61. The Hall–Kier alpha value is -2.93. The topological polar surface area (TPSA) is 151 Å². The SMILES string of the molecule is CC(C)(C)OC(=O)N[C@H]1CCCCCC=C[C@@H]2C[C@@]2(C(=O)NS(=O)(=O)c2cccc(Br)c2)NC(=O)[C@@H]2CCCN2C1=O. The lowest BCUT2D eigenvalue weighted by Gasteiger charge is -2.30. The van der Waals surface area contributed by atoms with E-state index in [1.165, 1.54) is 17.0 Å². The number of halogens is 1. The molecule has 230 valence electrons. The zero-order valence-electron chi connectivity index (χ0n) is 24.2. The van der Waals surface area contributed by atoms with Crippen molar-refractivity contribution in [3.05, 3.63) is 40.9 Å². The van der Waals surface area contributed by atoms with E-state index in [9.17, 15) is 27.6 Å². The van der Waals surface area contributed by atoms with Crippen LogP contribution in [0.2, 0.25) is 0 Å². The van der Waals surface area contributed by atoms with Gasteiger partial charge < -0.3 is 20.3 Å². The van der Waals surface area contributed by atoms with E-state index < -0.39 is 57.1 Å². The second-order valence-corrected chi connectivity index (χ2v) is 14.7. The molecule has 4 amide bonds. The maximum Gasteiger partial charge on any atom is 0.408 e. The van der Waals surface area contributed by atoms with Gasteiger partial charge in [0.05, 0.1) is 4.90 Å². The van der Waals surface area contributed by atoms with Crippen LogP contribution in [0, 0.1) is 5.92 Å². The summed E-state index contributed by atoms with van der Waals surface area (Å²) in [6.07, 6.45) is 7.72. The van der Waals surface area contributed by atoms with Crippen LogP contribution in [0.4, 0.5) is 4.79 Å². The number of nitrogens with one attached hydrogen (secondary N) is 3. The largest absolute Gasteiger partial charge is 0.444 e. The van der Waals surface area contributed by atoms with Crippen molar-refractivity contribution in [3.8, 4) is 0 Å². The average Bonchev–Trinajstić information content (AvgIpc) is 3.35. The van der Waals surface area contributed by atoms with E-state index in [1.807, 2.05) is 12.2 Å². The number of ether oxygens (including phenoxy) is 1. The van der Waals surface area contributed by atoms with E-state index in [0.29, 0.717) is 43.1 Å². The molecule has 42 heavy (non-hydrogen) atoms. The summed E-state index contributed by atoms with van der Waals surface area (Å²) in [4.78, 5) is 54.8. The predicted octanol–water partition coefficient (Wildman–Crippen LogP) is 3.53. The highest BCUT2D eigenvalue weighted by molar-refractivity contribution is 9.10. The Morgan fingerprint density at radius 2 is 1.88 bits per heavy atom. The zero-order valence-corrected chi connectivity index (χ0v) is 26.6. The Labute approximate surface area is 255 Å². The summed E-state index contributed by atoms with van der Waals surface area (Å²) < 4.78 is 34.1. The van der Waals surface area contributed by atoms with Crippen molar-refractivity contribution in [1.29, 1.82) is 0 Å². The quantitative estimate of drug-likeness (QED) is 0.416. The number of amides is 4. The molecule has 4 atom stereocenters. The van der Waals surface area contributed by atoms with Gasteiger partial charge in [-0.2, -0.15) is 0 Å². The van der Waals surface area contributed by atoms with Crippen LogP contribution < -0.4 is 15.4 Å². The molecule has 2 fully saturated rings. The van der Waals surface area contributed by atoms with E-state index >= 15 is 0 Å². The molecule has 0 aromatic heterocycles. The van der Waals surface area contributed by atoms with Crippen LogP contribution in [0.3, 0.4) is 0 Å². The lowest BCUT2D eigenvalue weighted by atomic mass is 10.0. The number of carbonyl (C=O) groups is 4. The molecule has 1 aromatic rings. The van der Waals surface area contributed by atoms with Gasteiger partial charge >= 0.3 is 6.09 Å². The maximum atomic E-state index is 13.7. The molecule has 0 bridgehead atoms. The molecule has 4 rings (SSSR count). The van der Waals surface area contributed by atoms with Crippen molar-refractivity contribution in [3.63, 3.8) is 0 Å². The van der Waals surface area contributed by atoms with Gasteiger partial charge in [-0.25, -0.2) is 17.9 Å². The molecule has 2 heterocycles. The number of hydrogen-bond acceptors (Lipinski definition) is 7. The fourth-order valence-electron chi connectivity index (χ4n) is 5.45. The lowest BCUT2D eigenvalue weighted by molar-refractivity contribution is -0.141. The lowest BCUT2D eigenvalue weighted by Crippen LogP contribution is -2.58. The average molecular weight is 668 g/mol.